The van der Waals surface area contributed by atoms with Crippen molar-refractivity contribution in [3.8, 4) is 5.75 Å². The van der Waals surface area contributed by atoms with Crippen LogP contribution in [0.15, 0.2) is 18.2 Å². The highest BCUT2D eigenvalue weighted by molar-refractivity contribution is 5.74. The maximum Gasteiger partial charge on any atom is 0.416 e. The molecule has 0 aliphatic rings. The Morgan fingerprint density at radius 1 is 1.31 bits per heavy atom. The van der Waals surface area contributed by atoms with E-state index in [0.29, 0.717) is 6.07 Å². The normalized spacial score (nSPS) is 13.5. The van der Waals surface area contributed by atoms with E-state index in [1.807, 2.05) is 0 Å². The number of hydrogen-bond donors (Lipinski definition) is 3. The van der Waals surface area contributed by atoms with Crippen LogP contribution >= 0.6 is 0 Å². The van der Waals surface area contributed by atoms with E-state index in [1.165, 1.54) is 0 Å². The number of rotatable bonds is 2. The second kappa shape index (κ2) is 4.01. The van der Waals surface area contributed by atoms with Crippen LogP contribution in [0.4, 0.5) is 13.2 Å². The van der Waals surface area contributed by atoms with Crippen LogP contribution < -0.4 is 0 Å². The van der Waals surface area contributed by atoms with E-state index in [1.54, 1.807) is 0 Å². The molecule has 0 amide bonds. The number of aliphatic hydroxyl groups excluding tert-OH is 1. The molecule has 0 aliphatic carbocycles. The van der Waals surface area contributed by atoms with Crippen molar-refractivity contribution < 1.29 is 33.3 Å². The summed E-state index contributed by atoms with van der Waals surface area (Å²) in [5.41, 5.74) is -2.18. The van der Waals surface area contributed by atoms with E-state index in [4.69, 9.17) is 15.3 Å². The van der Waals surface area contributed by atoms with E-state index in [-0.39, 0.29) is 0 Å². The molecular weight excluding hydrogens is 229 g/mol. The summed E-state index contributed by atoms with van der Waals surface area (Å²) in [5, 5.41) is 26.4. The number of halogens is 3. The fraction of sp³-hybridized carbons (Fsp3) is 0.222. The van der Waals surface area contributed by atoms with Gasteiger partial charge >= 0.3 is 12.1 Å². The number of hydrogen-bond acceptors (Lipinski definition) is 3. The van der Waals surface area contributed by atoms with Crippen LogP contribution in [0.2, 0.25) is 0 Å². The molecule has 0 fully saturated rings. The Morgan fingerprint density at radius 2 is 1.88 bits per heavy atom. The lowest BCUT2D eigenvalue weighted by Crippen LogP contribution is -2.17. The molecule has 88 valence electrons. The summed E-state index contributed by atoms with van der Waals surface area (Å²) in [7, 11) is 0. The summed E-state index contributed by atoms with van der Waals surface area (Å²) < 4.78 is 37.3. The minimum absolute atomic E-state index is 0.363. The van der Waals surface area contributed by atoms with Crippen molar-refractivity contribution in [1.82, 2.24) is 0 Å². The molecule has 0 saturated carbocycles. The first-order valence-electron chi connectivity index (χ1n) is 4.04. The Hall–Kier alpha value is -1.76. The molecule has 16 heavy (non-hydrogen) atoms. The van der Waals surface area contributed by atoms with Crippen molar-refractivity contribution in [2.75, 3.05) is 0 Å². The summed E-state index contributed by atoms with van der Waals surface area (Å²) in [5.74, 6) is -2.45. The third kappa shape index (κ3) is 2.43. The molecule has 0 bridgehead atoms. The van der Waals surface area contributed by atoms with E-state index in [9.17, 15) is 18.0 Å². The van der Waals surface area contributed by atoms with E-state index >= 15 is 0 Å². The van der Waals surface area contributed by atoms with Crippen LogP contribution in [-0.2, 0) is 11.0 Å². The molecule has 0 radical (unpaired) electrons. The number of benzene rings is 1. The molecule has 7 heteroatoms. The van der Waals surface area contributed by atoms with Crippen molar-refractivity contribution in [2.24, 2.45) is 0 Å². The molecule has 1 aromatic rings. The van der Waals surface area contributed by atoms with Gasteiger partial charge in [-0.2, -0.15) is 13.2 Å². The maximum atomic E-state index is 12.4. The summed E-state index contributed by atoms with van der Waals surface area (Å²) >= 11 is 0. The van der Waals surface area contributed by atoms with Gasteiger partial charge in [-0.25, -0.2) is 4.79 Å². The van der Waals surface area contributed by atoms with Gasteiger partial charge < -0.3 is 15.3 Å². The zero-order valence-electron chi connectivity index (χ0n) is 7.69. The molecule has 0 heterocycles. The van der Waals surface area contributed by atoms with Crippen LogP contribution in [0.25, 0.3) is 0 Å². The van der Waals surface area contributed by atoms with E-state index in [2.05, 4.69) is 0 Å². The van der Waals surface area contributed by atoms with E-state index < -0.39 is 35.1 Å². The highest BCUT2D eigenvalue weighted by atomic mass is 19.4. The Morgan fingerprint density at radius 3 is 2.31 bits per heavy atom. The Labute approximate surface area is 87.6 Å². The highest BCUT2D eigenvalue weighted by Gasteiger charge is 2.36. The summed E-state index contributed by atoms with van der Waals surface area (Å²) in [6.45, 7) is 0. The van der Waals surface area contributed by atoms with Gasteiger partial charge in [0, 0.05) is 5.56 Å². The molecule has 4 nitrogen and oxygen atoms in total. The lowest BCUT2D eigenvalue weighted by Gasteiger charge is -2.15. The van der Waals surface area contributed by atoms with Gasteiger partial charge in [0.25, 0.3) is 0 Å². The van der Waals surface area contributed by atoms with Gasteiger partial charge in [0.15, 0.2) is 6.10 Å². The number of phenolic OH excluding ortho intramolecular Hbond substituents is 1. The smallest absolute Gasteiger partial charge is 0.416 e. The minimum atomic E-state index is -4.84. The molecule has 0 spiro atoms. The summed E-state index contributed by atoms with van der Waals surface area (Å²) in [6.07, 6.45) is -7.12. The first-order valence-corrected chi connectivity index (χ1v) is 4.04. The van der Waals surface area contributed by atoms with Crippen molar-refractivity contribution in [3.05, 3.63) is 29.3 Å². The first-order chi connectivity index (χ1) is 7.23. The molecule has 1 rings (SSSR count). The number of carboxylic acid groups (broad SMARTS) is 1. The van der Waals surface area contributed by atoms with Crippen molar-refractivity contribution in [1.29, 1.82) is 0 Å². The average molecular weight is 236 g/mol. The van der Waals surface area contributed by atoms with Gasteiger partial charge in [0.05, 0.1) is 5.56 Å². The zero-order chi connectivity index (χ0) is 12.5. The third-order valence-electron chi connectivity index (χ3n) is 1.87. The van der Waals surface area contributed by atoms with Gasteiger partial charge in [0.2, 0.25) is 0 Å². The maximum absolute atomic E-state index is 12.4. The second-order valence-corrected chi connectivity index (χ2v) is 3.01. The van der Waals surface area contributed by atoms with Crippen molar-refractivity contribution in [3.63, 3.8) is 0 Å². The zero-order valence-corrected chi connectivity index (χ0v) is 7.69. The Kier molecular flexibility index (Phi) is 3.09. The van der Waals surface area contributed by atoms with Crippen LogP contribution in [0.3, 0.4) is 0 Å². The van der Waals surface area contributed by atoms with Crippen LogP contribution in [-0.4, -0.2) is 21.3 Å². The van der Waals surface area contributed by atoms with Gasteiger partial charge in [-0.05, 0) is 12.1 Å². The fourth-order valence-corrected chi connectivity index (χ4v) is 1.16. The molecule has 0 saturated heterocycles. The van der Waals surface area contributed by atoms with Gasteiger partial charge in [0.1, 0.15) is 5.75 Å². The lowest BCUT2D eigenvalue weighted by atomic mass is 10.0. The highest BCUT2D eigenvalue weighted by Crippen LogP contribution is 2.36. The average Bonchev–Trinajstić information content (AvgIpc) is 2.15. The Balaban J connectivity index is 3.34. The molecular formula is C9H7F3O4. The molecule has 1 unspecified atom stereocenters. The van der Waals surface area contributed by atoms with Crippen LogP contribution in [0, 0.1) is 0 Å². The van der Waals surface area contributed by atoms with Crippen LogP contribution in [0.5, 0.6) is 5.75 Å². The number of carboxylic acids is 1. The summed E-state index contributed by atoms with van der Waals surface area (Å²) in [6, 6.07) is 1.95. The monoisotopic (exact) mass is 236 g/mol. The van der Waals surface area contributed by atoms with E-state index in [0.717, 1.165) is 12.1 Å². The minimum Gasteiger partial charge on any atom is -0.508 e. The lowest BCUT2D eigenvalue weighted by molar-refractivity contribution is -0.149. The molecule has 1 aromatic carbocycles. The first kappa shape index (κ1) is 12.3. The number of phenols is 1. The molecule has 0 aliphatic heterocycles. The summed E-state index contributed by atoms with van der Waals surface area (Å²) in [4.78, 5) is 10.4. The predicted molar refractivity (Wildman–Crippen MR) is 45.7 cm³/mol. The van der Waals surface area contributed by atoms with Gasteiger partial charge in [-0.15, -0.1) is 0 Å². The SMILES string of the molecule is O=C(O)C(O)c1ccc(O)cc1C(F)(F)F. The number of alkyl halides is 3. The van der Waals surface area contributed by atoms with Gasteiger partial charge in [-0.1, -0.05) is 6.07 Å². The third-order valence-corrected chi connectivity index (χ3v) is 1.87. The number of carbonyl (C=O) groups is 1. The number of aromatic hydroxyl groups is 1. The fourth-order valence-electron chi connectivity index (χ4n) is 1.16. The largest absolute Gasteiger partial charge is 0.508 e. The van der Waals surface area contributed by atoms with Gasteiger partial charge in [-0.3, -0.25) is 0 Å². The Bertz CT molecular complexity index is 414. The quantitative estimate of drug-likeness (QED) is 0.727. The predicted octanol–water partition coefficient (Wildman–Crippen LogP) is 1.53. The molecule has 0 aromatic heterocycles. The van der Waals surface area contributed by atoms with Crippen molar-refractivity contribution in [2.45, 2.75) is 12.3 Å². The standard InChI is InChI=1S/C9H7F3O4/c10-9(11,12)6-3-4(13)1-2-5(6)7(14)8(15)16/h1-3,7,13-14H,(H,15,16). The second-order valence-electron chi connectivity index (χ2n) is 3.01. The molecule has 1 atom stereocenters. The topological polar surface area (TPSA) is 77.8 Å². The van der Waals surface area contributed by atoms with Crippen LogP contribution in [0.1, 0.15) is 17.2 Å². The number of aliphatic hydroxyl groups is 1. The van der Waals surface area contributed by atoms with Crippen molar-refractivity contribution >= 4 is 5.97 Å². The molecule has 3 N–H and O–H groups in total. The number of aliphatic carboxylic acids is 1.